The van der Waals surface area contributed by atoms with Crippen molar-refractivity contribution in [1.29, 1.82) is 0 Å². The minimum atomic E-state index is -0.524. The van der Waals surface area contributed by atoms with Crippen LogP contribution in [-0.4, -0.2) is 62.2 Å². The molecule has 0 aliphatic carbocycles. The number of hydrogen-bond donors (Lipinski definition) is 2. The number of halogens is 2. The Kier molecular flexibility index (Phi) is 6.35. The number of carbonyl (C=O) groups excluding carboxylic acids is 2. The van der Waals surface area contributed by atoms with E-state index in [1.54, 1.807) is 11.9 Å². The van der Waals surface area contributed by atoms with E-state index in [1.165, 1.54) is 0 Å². The second-order valence-electron chi connectivity index (χ2n) is 5.34. The van der Waals surface area contributed by atoms with Gasteiger partial charge in [0.1, 0.15) is 11.6 Å². The first kappa shape index (κ1) is 17.7. The summed E-state index contributed by atoms with van der Waals surface area (Å²) in [6, 6.07) is 3.21. The highest BCUT2D eigenvalue weighted by Gasteiger charge is 2.25. The quantitative estimate of drug-likeness (QED) is 0.710. The zero-order chi connectivity index (χ0) is 16.8. The molecule has 0 spiro atoms. The van der Waals surface area contributed by atoms with E-state index in [2.05, 4.69) is 5.32 Å². The van der Waals surface area contributed by atoms with E-state index in [1.807, 2.05) is 0 Å². The van der Waals surface area contributed by atoms with Crippen molar-refractivity contribution in [2.45, 2.75) is 4.90 Å². The number of carbonyl (C=O) groups is 2. The lowest BCUT2D eigenvalue weighted by molar-refractivity contribution is -0.896. The number of piperazine rings is 1. The predicted molar refractivity (Wildman–Crippen MR) is 83.3 cm³/mol. The summed E-state index contributed by atoms with van der Waals surface area (Å²) in [6.45, 7) is 2.95. The molecule has 2 N–H and O–H groups in total. The molecule has 23 heavy (non-hydrogen) atoms. The number of thioether (sulfide) groups is 1. The average molecular weight is 344 g/mol. The Balaban J connectivity index is 1.79. The van der Waals surface area contributed by atoms with Crippen LogP contribution in [0.15, 0.2) is 23.1 Å². The Morgan fingerprint density at radius 1 is 1.30 bits per heavy atom. The molecule has 1 heterocycles. The van der Waals surface area contributed by atoms with Crippen molar-refractivity contribution in [3.63, 3.8) is 0 Å². The minimum Gasteiger partial charge on any atom is -0.354 e. The summed E-state index contributed by atoms with van der Waals surface area (Å²) < 4.78 is 26.6. The molecule has 0 radical (unpaired) electrons. The Morgan fingerprint density at radius 2 is 2.00 bits per heavy atom. The first-order valence-electron chi connectivity index (χ1n) is 7.39. The molecule has 0 atom stereocenters. The predicted octanol–water partition coefficient (Wildman–Crippen LogP) is -0.470. The van der Waals surface area contributed by atoms with Crippen molar-refractivity contribution in [3.05, 3.63) is 29.8 Å². The summed E-state index contributed by atoms with van der Waals surface area (Å²) in [4.78, 5) is 26.5. The molecule has 0 saturated carbocycles. The van der Waals surface area contributed by atoms with Crippen LogP contribution >= 0.6 is 11.8 Å². The highest BCUT2D eigenvalue weighted by atomic mass is 32.2. The number of quaternary nitrogens is 1. The SMILES string of the molecule is CNC(=O)C[NH+]1CCN(C(=O)CSc2cc(F)ccc2F)CC1. The van der Waals surface area contributed by atoms with Gasteiger partial charge in [-0.2, -0.15) is 0 Å². The second kappa shape index (κ2) is 8.26. The zero-order valence-electron chi connectivity index (χ0n) is 12.9. The summed E-state index contributed by atoms with van der Waals surface area (Å²) in [5.41, 5.74) is 0. The first-order valence-corrected chi connectivity index (χ1v) is 8.38. The molecule has 1 aliphatic rings. The third kappa shape index (κ3) is 5.18. The molecular weight excluding hydrogens is 324 g/mol. The lowest BCUT2D eigenvalue weighted by Gasteiger charge is -2.31. The van der Waals surface area contributed by atoms with E-state index in [0.717, 1.165) is 34.9 Å². The monoisotopic (exact) mass is 344 g/mol. The maximum atomic E-state index is 13.5. The van der Waals surface area contributed by atoms with E-state index in [4.69, 9.17) is 0 Å². The summed E-state index contributed by atoms with van der Waals surface area (Å²) in [5.74, 6) is -1.09. The number of rotatable bonds is 5. The topological polar surface area (TPSA) is 53.9 Å². The second-order valence-corrected chi connectivity index (χ2v) is 6.36. The molecule has 2 amide bonds. The van der Waals surface area contributed by atoms with Gasteiger partial charge in [0, 0.05) is 11.9 Å². The summed E-state index contributed by atoms with van der Waals surface area (Å²) in [5, 5.41) is 2.58. The van der Waals surface area contributed by atoms with Crippen molar-refractivity contribution < 1.29 is 23.3 Å². The first-order chi connectivity index (χ1) is 11.0. The van der Waals surface area contributed by atoms with E-state index in [-0.39, 0.29) is 22.5 Å². The largest absolute Gasteiger partial charge is 0.354 e. The van der Waals surface area contributed by atoms with Gasteiger partial charge < -0.3 is 15.1 Å². The van der Waals surface area contributed by atoms with Crippen LogP contribution < -0.4 is 10.2 Å². The normalized spacial score (nSPS) is 15.5. The van der Waals surface area contributed by atoms with E-state index in [9.17, 15) is 18.4 Å². The molecule has 0 aromatic heterocycles. The maximum Gasteiger partial charge on any atom is 0.274 e. The van der Waals surface area contributed by atoms with Crippen LogP contribution in [0.5, 0.6) is 0 Å². The molecular formula is C15H20F2N3O2S+. The smallest absolute Gasteiger partial charge is 0.274 e. The summed E-state index contributed by atoms with van der Waals surface area (Å²) in [6.07, 6.45) is 0. The number of likely N-dealkylation sites (N-methyl/N-ethyl adjacent to an activating group) is 1. The number of amides is 2. The van der Waals surface area contributed by atoms with E-state index < -0.39 is 11.6 Å². The van der Waals surface area contributed by atoms with Gasteiger partial charge in [0.05, 0.1) is 31.9 Å². The zero-order valence-corrected chi connectivity index (χ0v) is 13.7. The molecule has 5 nitrogen and oxygen atoms in total. The molecule has 2 rings (SSSR count). The van der Waals surface area contributed by atoms with Crippen LogP contribution in [0.1, 0.15) is 0 Å². The summed E-state index contributed by atoms with van der Waals surface area (Å²) >= 11 is 1.00. The number of nitrogens with zero attached hydrogens (tertiary/aromatic N) is 1. The minimum absolute atomic E-state index is 0.0167. The molecule has 1 fully saturated rings. The Morgan fingerprint density at radius 3 is 2.65 bits per heavy atom. The fourth-order valence-electron chi connectivity index (χ4n) is 2.38. The van der Waals surface area contributed by atoms with Gasteiger partial charge in [0.15, 0.2) is 6.54 Å². The van der Waals surface area contributed by atoms with Crippen molar-refractivity contribution in [1.82, 2.24) is 10.2 Å². The van der Waals surface area contributed by atoms with Crippen LogP contribution in [0, 0.1) is 11.6 Å². The van der Waals surface area contributed by atoms with Crippen molar-refractivity contribution in [3.8, 4) is 0 Å². The van der Waals surface area contributed by atoms with Gasteiger partial charge in [-0.3, -0.25) is 9.59 Å². The molecule has 1 aromatic rings. The highest BCUT2D eigenvalue weighted by molar-refractivity contribution is 8.00. The molecule has 1 saturated heterocycles. The maximum absolute atomic E-state index is 13.5. The van der Waals surface area contributed by atoms with Gasteiger partial charge in [-0.25, -0.2) is 8.78 Å². The van der Waals surface area contributed by atoms with Gasteiger partial charge in [-0.1, -0.05) is 0 Å². The molecule has 1 aromatic carbocycles. The Labute approximate surface area is 138 Å². The molecule has 1 aliphatic heterocycles. The van der Waals surface area contributed by atoms with Crippen LogP contribution in [0.4, 0.5) is 8.78 Å². The third-order valence-electron chi connectivity index (χ3n) is 3.76. The van der Waals surface area contributed by atoms with Gasteiger partial charge >= 0.3 is 0 Å². The molecule has 0 bridgehead atoms. The van der Waals surface area contributed by atoms with Gasteiger partial charge in [0.2, 0.25) is 5.91 Å². The number of nitrogens with one attached hydrogen (secondary N) is 2. The molecule has 8 heteroatoms. The lowest BCUT2D eigenvalue weighted by Crippen LogP contribution is -3.15. The highest BCUT2D eigenvalue weighted by Crippen LogP contribution is 2.22. The molecule has 0 unspecified atom stereocenters. The van der Waals surface area contributed by atoms with Gasteiger partial charge in [-0.05, 0) is 18.2 Å². The number of benzene rings is 1. The fourth-order valence-corrected chi connectivity index (χ4v) is 3.25. The summed E-state index contributed by atoms with van der Waals surface area (Å²) in [7, 11) is 1.60. The molecule has 126 valence electrons. The Hall–Kier alpha value is -1.67. The lowest BCUT2D eigenvalue weighted by atomic mass is 10.3. The average Bonchev–Trinajstić information content (AvgIpc) is 2.56. The van der Waals surface area contributed by atoms with Gasteiger partial charge in [-0.15, -0.1) is 11.8 Å². The van der Waals surface area contributed by atoms with Crippen LogP contribution in [0.2, 0.25) is 0 Å². The van der Waals surface area contributed by atoms with E-state index in [0.29, 0.717) is 32.7 Å². The van der Waals surface area contributed by atoms with Crippen molar-refractivity contribution >= 4 is 23.6 Å². The fraction of sp³-hybridized carbons (Fsp3) is 0.467. The van der Waals surface area contributed by atoms with Gasteiger partial charge in [0.25, 0.3) is 5.91 Å². The van der Waals surface area contributed by atoms with Crippen molar-refractivity contribution in [2.75, 3.05) is 45.5 Å². The van der Waals surface area contributed by atoms with Crippen LogP contribution in [-0.2, 0) is 9.59 Å². The number of hydrogen-bond acceptors (Lipinski definition) is 3. The third-order valence-corrected chi connectivity index (χ3v) is 4.77. The van der Waals surface area contributed by atoms with Crippen LogP contribution in [0.3, 0.4) is 0 Å². The van der Waals surface area contributed by atoms with E-state index >= 15 is 0 Å². The van der Waals surface area contributed by atoms with Crippen LogP contribution in [0.25, 0.3) is 0 Å². The standard InChI is InChI=1S/C15H19F2N3O2S/c1-18-14(21)9-19-4-6-20(7-5-19)15(22)10-23-13-8-11(16)2-3-12(13)17/h2-3,8H,4-7,9-10H2,1H3,(H,18,21)/p+1. The Bertz CT molecular complexity index is 578. The van der Waals surface area contributed by atoms with Crippen molar-refractivity contribution in [2.24, 2.45) is 0 Å².